The van der Waals surface area contributed by atoms with Crippen LogP contribution in [0.5, 0.6) is 5.75 Å². The van der Waals surface area contributed by atoms with Gasteiger partial charge in [0.25, 0.3) is 0 Å². The Kier molecular flexibility index (Phi) is 4.06. The van der Waals surface area contributed by atoms with Crippen molar-refractivity contribution in [3.63, 3.8) is 0 Å². The minimum atomic E-state index is 0.239. The zero-order valence-electron chi connectivity index (χ0n) is 14.5. The highest BCUT2D eigenvalue weighted by molar-refractivity contribution is 9.10. The van der Waals surface area contributed by atoms with Crippen LogP contribution in [0.4, 0.5) is 0 Å². The number of ether oxygens (including phenoxy) is 1. The van der Waals surface area contributed by atoms with Crippen molar-refractivity contribution in [2.75, 3.05) is 0 Å². The number of fused-ring (bicyclic) bond motifs is 3. The second-order valence-electron chi connectivity index (χ2n) is 6.08. The number of nitrogens with zero attached hydrogens (tertiary/aromatic N) is 6. The second-order valence-corrected chi connectivity index (χ2v) is 7.41. The molecule has 0 N–H and O–H groups in total. The lowest BCUT2D eigenvalue weighted by atomic mass is 10.3. The largest absolute Gasteiger partial charge is 0.484 e. The molecule has 0 aliphatic carbocycles. The average molecular weight is 460 g/mol. The van der Waals surface area contributed by atoms with Gasteiger partial charge in [-0.05, 0) is 30.3 Å². The molecule has 0 bridgehead atoms. The highest BCUT2D eigenvalue weighted by Crippen LogP contribution is 2.29. The SMILES string of the molecule is Cn1ncc2c1ncn1nc(-c3ccc(COc4ccc(Br)cc4Cl)o3)nc21. The zero-order chi connectivity index (χ0) is 19.3. The first kappa shape index (κ1) is 17.2. The van der Waals surface area contributed by atoms with E-state index in [1.54, 1.807) is 33.9 Å². The molecule has 28 heavy (non-hydrogen) atoms. The van der Waals surface area contributed by atoms with Crippen LogP contribution in [-0.2, 0) is 13.7 Å². The summed E-state index contributed by atoms with van der Waals surface area (Å²) in [7, 11) is 1.83. The van der Waals surface area contributed by atoms with Crippen LogP contribution in [0.1, 0.15) is 5.76 Å². The molecule has 0 atom stereocenters. The van der Waals surface area contributed by atoms with E-state index >= 15 is 0 Å². The van der Waals surface area contributed by atoms with Crippen molar-refractivity contribution < 1.29 is 9.15 Å². The summed E-state index contributed by atoms with van der Waals surface area (Å²) in [5.41, 5.74) is 1.41. The third kappa shape index (κ3) is 2.92. The van der Waals surface area contributed by atoms with Gasteiger partial charge in [0.2, 0.25) is 5.82 Å². The summed E-state index contributed by atoms with van der Waals surface area (Å²) in [6.45, 7) is 0.239. The molecular weight excluding hydrogens is 448 g/mol. The fourth-order valence-corrected chi connectivity index (χ4v) is 3.59. The number of rotatable bonds is 4. The zero-order valence-corrected chi connectivity index (χ0v) is 16.8. The third-order valence-corrected chi connectivity index (χ3v) is 5.00. The molecule has 5 rings (SSSR count). The topological polar surface area (TPSA) is 83.3 Å². The number of hydrogen-bond donors (Lipinski definition) is 0. The summed E-state index contributed by atoms with van der Waals surface area (Å²) in [5.74, 6) is 2.23. The van der Waals surface area contributed by atoms with Gasteiger partial charge in [0.1, 0.15) is 24.4 Å². The monoisotopic (exact) mass is 458 g/mol. The van der Waals surface area contributed by atoms with Gasteiger partial charge in [-0.25, -0.2) is 14.5 Å². The summed E-state index contributed by atoms with van der Waals surface area (Å²) in [5, 5.41) is 10.0. The van der Waals surface area contributed by atoms with Crippen molar-refractivity contribution in [3.05, 3.63) is 58.1 Å². The number of hydrogen-bond acceptors (Lipinski definition) is 6. The lowest BCUT2D eigenvalue weighted by Crippen LogP contribution is -1.94. The Balaban J connectivity index is 1.41. The minimum Gasteiger partial charge on any atom is -0.484 e. The molecule has 4 heterocycles. The van der Waals surface area contributed by atoms with E-state index in [9.17, 15) is 0 Å². The first-order valence-corrected chi connectivity index (χ1v) is 9.45. The normalized spacial score (nSPS) is 11.5. The van der Waals surface area contributed by atoms with Gasteiger partial charge in [0, 0.05) is 11.5 Å². The van der Waals surface area contributed by atoms with Crippen LogP contribution in [0.15, 0.2) is 51.7 Å². The summed E-state index contributed by atoms with van der Waals surface area (Å²) in [6.07, 6.45) is 3.33. The van der Waals surface area contributed by atoms with E-state index in [-0.39, 0.29) is 6.61 Å². The molecule has 8 nitrogen and oxygen atoms in total. The van der Waals surface area contributed by atoms with Gasteiger partial charge < -0.3 is 9.15 Å². The maximum atomic E-state index is 6.17. The number of halogens is 2. The molecule has 0 radical (unpaired) electrons. The molecule has 0 amide bonds. The quantitative estimate of drug-likeness (QED) is 0.399. The molecule has 0 aliphatic heterocycles. The van der Waals surface area contributed by atoms with E-state index in [2.05, 4.69) is 36.1 Å². The Bertz CT molecular complexity index is 1320. The maximum Gasteiger partial charge on any atom is 0.217 e. The van der Waals surface area contributed by atoms with Gasteiger partial charge in [0.15, 0.2) is 17.1 Å². The predicted octanol–water partition coefficient (Wildman–Crippen LogP) is 4.27. The molecule has 1 aromatic carbocycles. The van der Waals surface area contributed by atoms with E-state index in [1.165, 1.54) is 0 Å². The van der Waals surface area contributed by atoms with Gasteiger partial charge in [-0.2, -0.15) is 5.10 Å². The van der Waals surface area contributed by atoms with E-state index in [1.807, 2.05) is 25.2 Å². The highest BCUT2D eigenvalue weighted by atomic mass is 79.9. The molecule has 10 heteroatoms. The van der Waals surface area contributed by atoms with Gasteiger partial charge in [-0.15, -0.1) is 5.10 Å². The molecular formula is C18H12BrClN6O2. The molecule has 4 aromatic heterocycles. The smallest absolute Gasteiger partial charge is 0.217 e. The number of benzene rings is 1. The Morgan fingerprint density at radius 2 is 2.11 bits per heavy atom. The number of aromatic nitrogens is 6. The molecule has 0 aliphatic rings. The van der Waals surface area contributed by atoms with Crippen molar-refractivity contribution >= 4 is 44.2 Å². The van der Waals surface area contributed by atoms with Crippen molar-refractivity contribution in [3.8, 4) is 17.3 Å². The summed E-state index contributed by atoms with van der Waals surface area (Å²) >= 11 is 9.54. The Hall–Kier alpha value is -2.91. The maximum absolute atomic E-state index is 6.17. The van der Waals surface area contributed by atoms with Crippen LogP contribution in [-0.4, -0.2) is 29.4 Å². The van der Waals surface area contributed by atoms with Crippen LogP contribution in [0, 0.1) is 0 Å². The Morgan fingerprint density at radius 3 is 2.96 bits per heavy atom. The van der Waals surface area contributed by atoms with Crippen molar-refractivity contribution in [2.45, 2.75) is 6.61 Å². The van der Waals surface area contributed by atoms with E-state index in [0.717, 1.165) is 15.5 Å². The highest BCUT2D eigenvalue weighted by Gasteiger charge is 2.15. The first-order valence-electron chi connectivity index (χ1n) is 8.28. The molecule has 0 unspecified atom stereocenters. The van der Waals surface area contributed by atoms with Crippen LogP contribution in [0.25, 0.3) is 28.3 Å². The average Bonchev–Trinajstić information content (AvgIpc) is 3.38. The fourth-order valence-electron chi connectivity index (χ4n) is 2.86. The summed E-state index contributed by atoms with van der Waals surface area (Å²) in [4.78, 5) is 8.93. The molecule has 0 saturated heterocycles. The van der Waals surface area contributed by atoms with Gasteiger partial charge in [-0.3, -0.25) is 4.68 Å². The molecule has 5 aromatic rings. The van der Waals surface area contributed by atoms with Gasteiger partial charge in [0.05, 0.1) is 16.6 Å². The van der Waals surface area contributed by atoms with Gasteiger partial charge >= 0.3 is 0 Å². The second kappa shape index (κ2) is 6.61. The standard InChI is InChI=1S/C18H12BrClN6O2/c1-25-17-12(7-22-25)18-23-16(24-26(18)9-21-17)15-5-3-11(28-15)8-27-14-4-2-10(19)6-13(14)20/h2-7,9H,8H2,1H3. The Morgan fingerprint density at radius 1 is 1.21 bits per heavy atom. The van der Waals surface area contributed by atoms with Crippen molar-refractivity contribution in [1.82, 2.24) is 29.4 Å². The lowest BCUT2D eigenvalue weighted by molar-refractivity contribution is 0.272. The minimum absolute atomic E-state index is 0.239. The lowest BCUT2D eigenvalue weighted by Gasteiger charge is -2.06. The van der Waals surface area contributed by atoms with Crippen molar-refractivity contribution in [2.24, 2.45) is 7.05 Å². The van der Waals surface area contributed by atoms with E-state index < -0.39 is 0 Å². The van der Waals surface area contributed by atoms with E-state index in [4.69, 9.17) is 20.8 Å². The van der Waals surface area contributed by atoms with Gasteiger partial charge in [-0.1, -0.05) is 27.5 Å². The van der Waals surface area contributed by atoms with Crippen LogP contribution in [0.3, 0.4) is 0 Å². The third-order valence-electron chi connectivity index (χ3n) is 4.21. The molecule has 140 valence electrons. The first-order chi connectivity index (χ1) is 13.6. The fraction of sp³-hybridized carbons (Fsp3) is 0.111. The summed E-state index contributed by atoms with van der Waals surface area (Å²) in [6, 6.07) is 9.07. The molecule has 0 saturated carbocycles. The van der Waals surface area contributed by atoms with Crippen LogP contribution < -0.4 is 4.74 Å². The number of aryl methyl sites for hydroxylation is 1. The van der Waals surface area contributed by atoms with Crippen LogP contribution in [0.2, 0.25) is 5.02 Å². The predicted molar refractivity (Wildman–Crippen MR) is 106 cm³/mol. The molecule has 0 spiro atoms. The van der Waals surface area contributed by atoms with E-state index in [0.29, 0.717) is 33.8 Å². The van der Waals surface area contributed by atoms with Crippen LogP contribution >= 0.6 is 27.5 Å². The summed E-state index contributed by atoms with van der Waals surface area (Å²) < 4.78 is 15.8. The van der Waals surface area contributed by atoms with Crippen molar-refractivity contribution in [1.29, 1.82) is 0 Å². The number of furan rings is 1. The Labute approximate surface area is 171 Å². The molecule has 0 fully saturated rings.